The topological polar surface area (TPSA) is 36.3 Å². The van der Waals surface area contributed by atoms with Crippen LogP contribution in [0.3, 0.4) is 0 Å². The van der Waals surface area contributed by atoms with E-state index < -0.39 is 0 Å². The fraction of sp³-hybridized carbons (Fsp3) is 0.500. The van der Waals surface area contributed by atoms with Crippen molar-refractivity contribution in [2.75, 3.05) is 13.1 Å². The molecule has 0 aromatic heterocycles. The first kappa shape index (κ1) is 10.8. The molecule has 0 aliphatic carbocycles. The molecule has 2 bridgehead atoms. The Balaban J connectivity index is 1.73. The number of nitriles is 1. The van der Waals surface area contributed by atoms with Crippen LogP contribution in [0.15, 0.2) is 24.3 Å². The number of nitrogens with zero attached hydrogens (tertiary/aromatic N) is 2. The number of hydrogen-bond acceptors (Lipinski definition) is 3. The van der Waals surface area contributed by atoms with E-state index in [0.29, 0.717) is 12.2 Å². The van der Waals surface area contributed by atoms with E-state index in [1.54, 1.807) is 0 Å². The molecule has 3 nitrogen and oxygen atoms in total. The molecule has 3 rings (SSSR count). The largest absolute Gasteiger partial charge is 0.372 e. The molecule has 2 unspecified atom stereocenters. The Morgan fingerprint density at radius 2 is 1.94 bits per heavy atom. The van der Waals surface area contributed by atoms with Gasteiger partial charge in [-0.1, -0.05) is 18.2 Å². The molecule has 1 aromatic rings. The first-order chi connectivity index (χ1) is 8.35. The van der Waals surface area contributed by atoms with Crippen LogP contribution in [-0.4, -0.2) is 30.2 Å². The zero-order chi connectivity index (χ0) is 11.7. The Morgan fingerprint density at radius 1 is 1.24 bits per heavy atom. The highest BCUT2D eigenvalue weighted by molar-refractivity contribution is 5.37. The van der Waals surface area contributed by atoms with Crippen molar-refractivity contribution in [2.24, 2.45) is 0 Å². The molecule has 88 valence electrons. The lowest BCUT2D eigenvalue weighted by Gasteiger charge is -2.32. The van der Waals surface area contributed by atoms with Crippen molar-refractivity contribution in [2.45, 2.75) is 31.6 Å². The molecule has 2 fully saturated rings. The van der Waals surface area contributed by atoms with Gasteiger partial charge in [-0.3, -0.25) is 4.90 Å². The highest BCUT2D eigenvalue weighted by Gasteiger charge is 2.33. The van der Waals surface area contributed by atoms with Gasteiger partial charge >= 0.3 is 0 Å². The van der Waals surface area contributed by atoms with Crippen LogP contribution < -0.4 is 0 Å². The van der Waals surface area contributed by atoms with Crippen LogP contribution in [0.25, 0.3) is 0 Å². The summed E-state index contributed by atoms with van der Waals surface area (Å²) in [6.45, 7) is 2.90. The van der Waals surface area contributed by atoms with E-state index in [4.69, 9.17) is 10.00 Å². The third-order valence-corrected chi connectivity index (χ3v) is 3.65. The lowest BCUT2D eigenvalue weighted by atomic mass is 10.1. The SMILES string of the molecule is N#Cc1ccccc1CN1CC2CCC(C1)O2. The van der Waals surface area contributed by atoms with E-state index in [9.17, 15) is 0 Å². The van der Waals surface area contributed by atoms with Gasteiger partial charge in [-0.15, -0.1) is 0 Å². The monoisotopic (exact) mass is 228 g/mol. The summed E-state index contributed by atoms with van der Waals surface area (Å²) < 4.78 is 5.82. The van der Waals surface area contributed by atoms with Crippen molar-refractivity contribution < 1.29 is 4.74 Å². The van der Waals surface area contributed by atoms with Gasteiger partial charge < -0.3 is 4.74 Å². The summed E-state index contributed by atoms with van der Waals surface area (Å²) in [6.07, 6.45) is 3.23. The third-order valence-electron chi connectivity index (χ3n) is 3.65. The first-order valence-electron chi connectivity index (χ1n) is 6.21. The van der Waals surface area contributed by atoms with Gasteiger partial charge in [0.05, 0.1) is 23.8 Å². The predicted molar refractivity (Wildman–Crippen MR) is 64.3 cm³/mol. The summed E-state index contributed by atoms with van der Waals surface area (Å²) in [5, 5.41) is 9.07. The highest BCUT2D eigenvalue weighted by atomic mass is 16.5. The minimum absolute atomic E-state index is 0.419. The maximum atomic E-state index is 9.07. The number of hydrogen-bond donors (Lipinski definition) is 0. The zero-order valence-electron chi connectivity index (χ0n) is 9.80. The maximum Gasteiger partial charge on any atom is 0.0995 e. The van der Waals surface area contributed by atoms with E-state index in [1.165, 1.54) is 12.8 Å². The molecule has 17 heavy (non-hydrogen) atoms. The Morgan fingerprint density at radius 3 is 2.65 bits per heavy atom. The Bertz CT molecular complexity index is 440. The van der Waals surface area contributed by atoms with Crippen molar-refractivity contribution in [3.8, 4) is 6.07 Å². The molecule has 3 heteroatoms. The molecule has 0 spiro atoms. The number of fused-ring (bicyclic) bond motifs is 2. The van der Waals surface area contributed by atoms with Crippen LogP contribution in [0.5, 0.6) is 0 Å². The Hall–Kier alpha value is -1.37. The van der Waals surface area contributed by atoms with Crippen LogP contribution in [-0.2, 0) is 11.3 Å². The molecular weight excluding hydrogens is 212 g/mol. The molecule has 2 saturated heterocycles. The number of ether oxygens (including phenoxy) is 1. The van der Waals surface area contributed by atoms with Gasteiger partial charge in [-0.05, 0) is 24.5 Å². The van der Waals surface area contributed by atoms with E-state index in [0.717, 1.165) is 30.8 Å². The molecule has 2 atom stereocenters. The van der Waals surface area contributed by atoms with E-state index in [2.05, 4.69) is 17.0 Å². The second-order valence-corrected chi connectivity index (χ2v) is 4.92. The normalized spacial score (nSPS) is 27.9. The van der Waals surface area contributed by atoms with Crippen molar-refractivity contribution in [3.05, 3.63) is 35.4 Å². The number of rotatable bonds is 2. The van der Waals surface area contributed by atoms with Gasteiger partial charge in [-0.25, -0.2) is 0 Å². The second kappa shape index (κ2) is 4.48. The molecule has 2 aliphatic rings. The van der Waals surface area contributed by atoms with E-state index in [1.807, 2.05) is 18.2 Å². The lowest BCUT2D eigenvalue weighted by molar-refractivity contribution is -0.0410. The molecule has 1 aromatic carbocycles. The van der Waals surface area contributed by atoms with Crippen LogP contribution in [0.1, 0.15) is 24.0 Å². The minimum atomic E-state index is 0.419. The van der Waals surface area contributed by atoms with Crippen molar-refractivity contribution in [1.29, 1.82) is 5.26 Å². The van der Waals surface area contributed by atoms with Gasteiger partial charge in [0.1, 0.15) is 0 Å². The number of morpholine rings is 1. The van der Waals surface area contributed by atoms with Crippen molar-refractivity contribution >= 4 is 0 Å². The molecular formula is C14H16N2O. The number of likely N-dealkylation sites (tertiary alicyclic amines) is 1. The summed E-state index contributed by atoms with van der Waals surface area (Å²) in [5.41, 5.74) is 1.93. The predicted octanol–water partition coefficient (Wildman–Crippen LogP) is 1.92. The molecule has 0 amide bonds. The average Bonchev–Trinajstić information content (AvgIpc) is 2.69. The fourth-order valence-corrected chi connectivity index (χ4v) is 2.84. The standard InChI is InChI=1S/C14H16N2O/c15-7-11-3-1-2-4-12(11)8-16-9-13-5-6-14(10-16)17-13/h1-4,13-14H,5-6,8-10H2. The van der Waals surface area contributed by atoms with E-state index >= 15 is 0 Å². The molecule has 0 N–H and O–H groups in total. The van der Waals surface area contributed by atoms with Gasteiger partial charge in [0.2, 0.25) is 0 Å². The quantitative estimate of drug-likeness (QED) is 0.776. The smallest absolute Gasteiger partial charge is 0.0995 e. The Kier molecular flexibility index (Phi) is 2.84. The second-order valence-electron chi connectivity index (χ2n) is 4.92. The van der Waals surface area contributed by atoms with Crippen LogP contribution in [0.4, 0.5) is 0 Å². The van der Waals surface area contributed by atoms with Crippen LogP contribution >= 0.6 is 0 Å². The fourth-order valence-electron chi connectivity index (χ4n) is 2.84. The van der Waals surface area contributed by atoms with E-state index in [-0.39, 0.29) is 0 Å². The van der Waals surface area contributed by atoms with Gasteiger partial charge in [0.15, 0.2) is 0 Å². The first-order valence-corrected chi connectivity index (χ1v) is 6.21. The van der Waals surface area contributed by atoms with Crippen molar-refractivity contribution in [1.82, 2.24) is 4.90 Å². The Labute approximate surface area is 102 Å². The molecule has 2 heterocycles. The summed E-state index contributed by atoms with van der Waals surface area (Å²) in [6, 6.07) is 10.1. The van der Waals surface area contributed by atoms with Gasteiger partial charge in [0.25, 0.3) is 0 Å². The summed E-state index contributed by atoms with van der Waals surface area (Å²) in [7, 11) is 0. The van der Waals surface area contributed by atoms with Crippen LogP contribution in [0, 0.1) is 11.3 Å². The third kappa shape index (κ3) is 2.19. The molecule has 2 aliphatic heterocycles. The zero-order valence-corrected chi connectivity index (χ0v) is 9.80. The lowest BCUT2D eigenvalue weighted by Crippen LogP contribution is -2.42. The highest BCUT2D eigenvalue weighted by Crippen LogP contribution is 2.27. The molecule has 0 radical (unpaired) electrons. The summed E-state index contributed by atoms with van der Waals surface area (Å²) in [5.74, 6) is 0. The van der Waals surface area contributed by atoms with Gasteiger partial charge in [0, 0.05) is 19.6 Å². The van der Waals surface area contributed by atoms with Crippen molar-refractivity contribution in [3.63, 3.8) is 0 Å². The maximum absolute atomic E-state index is 9.07. The minimum Gasteiger partial charge on any atom is -0.372 e. The number of benzene rings is 1. The molecule has 0 saturated carbocycles. The summed E-state index contributed by atoms with van der Waals surface area (Å²) in [4.78, 5) is 2.42. The van der Waals surface area contributed by atoms with Gasteiger partial charge in [-0.2, -0.15) is 5.26 Å². The summed E-state index contributed by atoms with van der Waals surface area (Å²) >= 11 is 0. The van der Waals surface area contributed by atoms with Crippen LogP contribution in [0.2, 0.25) is 0 Å². The average molecular weight is 228 g/mol.